The number of carbonyl (C=O) groups excluding carboxylic acids is 2. The highest BCUT2D eigenvalue weighted by atomic mass is 19.3. The van der Waals surface area contributed by atoms with Crippen molar-refractivity contribution in [2.24, 2.45) is 0 Å². The molecule has 2 aliphatic heterocycles. The van der Waals surface area contributed by atoms with E-state index in [1.54, 1.807) is 11.0 Å². The largest absolute Gasteiger partial charge is 0.481 e. The molecule has 1 unspecified atom stereocenters. The van der Waals surface area contributed by atoms with E-state index in [9.17, 15) is 28.3 Å². The SMILES string of the molecule is O=C(O)CC1(O)CCN(c2ccc(NC3CCC(=O)NC3=O)cc2C(F)F)CC1. The van der Waals surface area contributed by atoms with Crippen LogP contribution in [0.4, 0.5) is 20.2 Å². The minimum Gasteiger partial charge on any atom is -0.481 e. The van der Waals surface area contributed by atoms with Gasteiger partial charge >= 0.3 is 5.97 Å². The first kappa shape index (κ1) is 21.0. The Morgan fingerprint density at radius 1 is 1.31 bits per heavy atom. The van der Waals surface area contributed by atoms with Crippen molar-refractivity contribution in [1.29, 1.82) is 0 Å². The number of rotatable bonds is 6. The quantitative estimate of drug-likeness (QED) is 0.526. The van der Waals surface area contributed by atoms with Crippen molar-refractivity contribution in [3.05, 3.63) is 23.8 Å². The minimum absolute atomic E-state index is 0.165. The molecule has 3 rings (SSSR count). The Balaban J connectivity index is 1.73. The molecule has 2 amide bonds. The summed E-state index contributed by atoms with van der Waals surface area (Å²) in [5, 5.41) is 24.3. The Kier molecular flexibility index (Phi) is 6.02. The first-order valence-electron chi connectivity index (χ1n) is 9.38. The molecule has 0 radical (unpaired) electrons. The maximum Gasteiger partial charge on any atom is 0.306 e. The van der Waals surface area contributed by atoms with Crippen LogP contribution < -0.4 is 15.5 Å². The molecule has 4 N–H and O–H groups in total. The van der Waals surface area contributed by atoms with Gasteiger partial charge in [-0.1, -0.05) is 0 Å². The van der Waals surface area contributed by atoms with Crippen LogP contribution >= 0.6 is 0 Å². The average Bonchev–Trinajstić information content (AvgIpc) is 2.64. The number of benzene rings is 1. The third-order valence-electron chi connectivity index (χ3n) is 5.36. The molecular formula is C19H23F2N3O5. The van der Waals surface area contributed by atoms with Crippen molar-refractivity contribution in [3.8, 4) is 0 Å². The summed E-state index contributed by atoms with van der Waals surface area (Å²) in [4.78, 5) is 35.7. The van der Waals surface area contributed by atoms with Crippen molar-refractivity contribution in [2.75, 3.05) is 23.3 Å². The summed E-state index contributed by atoms with van der Waals surface area (Å²) < 4.78 is 27.4. The number of anilines is 2. The second kappa shape index (κ2) is 8.32. The van der Waals surface area contributed by atoms with Gasteiger partial charge < -0.3 is 20.4 Å². The summed E-state index contributed by atoms with van der Waals surface area (Å²) >= 11 is 0. The number of piperidine rings is 2. The van der Waals surface area contributed by atoms with E-state index in [0.29, 0.717) is 11.4 Å². The number of amides is 2. The number of hydrogen-bond acceptors (Lipinski definition) is 6. The molecule has 2 saturated heterocycles. The predicted molar refractivity (Wildman–Crippen MR) is 99.8 cm³/mol. The number of halogens is 2. The zero-order chi connectivity index (χ0) is 21.2. The van der Waals surface area contributed by atoms with E-state index < -0.39 is 29.9 Å². The molecule has 0 aromatic heterocycles. The van der Waals surface area contributed by atoms with Crippen LogP contribution in [0.3, 0.4) is 0 Å². The number of nitrogens with one attached hydrogen (secondary N) is 2. The molecule has 1 atom stereocenters. The number of aliphatic hydroxyl groups is 1. The number of carboxylic acid groups (broad SMARTS) is 1. The summed E-state index contributed by atoms with van der Waals surface area (Å²) in [5.74, 6) is -1.94. The monoisotopic (exact) mass is 411 g/mol. The van der Waals surface area contributed by atoms with E-state index in [0.717, 1.165) is 0 Å². The maximum absolute atomic E-state index is 13.7. The lowest BCUT2D eigenvalue weighted by Gasteiger charge is -2.39. The highest BCUT2D eigenvalue weighted by Crippen LogP contribution is 2.36. The molecule has 0 spiro atoms. The van der Waals surface area contributed by atoms with Crippen LogP contribution in [-0.2, 0) is 14.4 Å². The Morgan fingerprint density at radius 3 is 2.59 bits per heavy atom. The van der Waals surface area contributed by atoms with Crippen molar-refractivity contribution >= 4 is 29.2 Å². The lowest BCUT2D eigenvalue weighted by molar-refractivity contribution is -0.143. The van der Waals surface area contributed by atoms with Crippen LogP contribution in [0.25, 0.3) is 0 Å². The summed E-state index contributed by atoms with van der Waals surface area (Å²) in [6.07, 6.45) is -2.34. The van der Waals surface area contributed by atoms with Gasteiger partial charge in [-0.25, -0.2) is 8.78 Å². The van der Waals surface area contributed by atoms with E-state index in [1.165, 1.54) is 12.1 Å². The van der Waals surface area contributed by atoms with Crippen LogP contribution in [0, 0.1) is 0 Å². The maximum atomic E-state index is 13.7. The molecule has 2 fully saturated rings. The Hall–Kier alpha value is -2.75. The number of carbonyl (C=O) groups is 3. The summed E-state index contributed by atoms with van der Waals surface area (Å²) in [7, 11) is 0. The fourth-order valence-electron chi connectivity index (χ4n) is 3.76. The Labute approximate surface area is 165 Å². The van der Waals surface area contributed by atoms with E-state index in [4.69, 9.17) is 5.11 Å². The summed E-state index contributed by atoms with van der Waals surface area (Å²) in [5.41, 5.74) is -0.893. The fourth-order valence-corrected chi connectivity index (χ4v) is 3.76. The van der Waals surface area contributed by atoms with E-state index in [-0.39, 0.29) is 56.7 Å². The highest BCUT2D eigenvalue weighted by Gasteiger charge is 2.35. The molecule has 10 heteroatoms. The second-order valence-corrected chi connectivity index (χ2v) is 7.50. The predicted octanol–water partition coefficient (Wildman–Crippen LogP) is 1.65. The zero-order valence-corrected chi connectivity index (χ0v) is 15.7. The molecule has 0 bridgehead atoms. The standard InChI is InChI=1S/C19H23F2N3O5/c20-17(21)12-9-11(22-13-2-4-15(25)23-18(13)28)1-3-14(12)24-7-5-19(29,6-8-24)10-16(26)27/h1,3,9,13,17,22,29H,2,4-8,10H2,(H,26,27)(H,23,25,28). The normalized spacial score (nSPS) is 21.8. The molecule has 0 saturated carbocycles. The first-order valence-corrected chi connectivity index (χ1v) is 9.38. The molecular weight excluding hydrogens is 388 g/mol. The third kappa shape index (κ3) is 5.00. The van der Waals surface area contributed by atoms with Gasteiger partial charge in [-0.15, -0.1) is 0 Å². The number of hydrogen-bond donors (Lipinski definition) is 4. The second-order valence-electron chi connectivity index (χ2n) is 7.50. The van der Waals surface area contributed by atoms with Gasteiger partial charge in [0.25, 0.3) is 6.43 Å². The molecule has 1 aromatic carbocycles. The third-order valence-corrected chi connectivity index (χ3v) is 5.36. The van der Waals surface area contributed by atoms with Crippen molar-refractivity contribution in [1.82, 2.24) is 5.32 Å². The smallest absolute Gasteiger partial charge is 0.306 e. The van der Waals surface area contributed by atoms with Gasteiger partial charge in [-0.2, -0.15) is 0 Å². The van der Waals surface area contributed by atoms with Crippen LogP contribution in [0.15, 0.2) is 18.2 Å². The average molecular weight is 411 g/mol. The number of aliphatic carboxylic acids is 1. The first-order chi connectivity index (χ1) is 13.7. The molecule has 1 aromatic rings. The fraction of sp³-hybridized carbons (Fsp3) is 0.526. The van der Waals surface area contributed by atoms with Crippen molar-refractivity contribution < 1.29 is 33.4 Å². The van der Waals surface area contributed by atoms with Gasteiger partial charge in [0.15, 0.2) is 0 Å². The van der Waals surface area contributed by atoms with Crippen LogP contribution in [0.2, 0.25) is 0 Å². The Morgan fingerprint density at radius 2 is 2.00 bits per heavy atom. The van der Waals surface area contributed by atoms with Gasteiger partial charge in [-0.3, -0.25) is 19.7 Å². The van der Waals surface area contributed by atoms with E-state index >= 15 is 0 Å². The number of imide groups is 1. The molecule has 2 aliphatic rings. The van der Waals surface area contributed by atoms with Gasteiger partial charge in [0.05, 0.1) is 12.0 Å². The molecule has 29 heavy (non-hydrogen) atoms. The molecule has 158 valence electrons. The van der Waals surface area contributed by atoms with Crippen molar-refractivity contribution in [2.45, 2.75) is 50.2 Å². The highest BCUT2D eigenvalue weighted by molar-refractivity contribution is 6.01. The van der Waals surface area contributed by atoms with Crippen LogP contribution in [-0.4, -0.2) is 52.7 Å². The van der Waals surface area contributed by atoms with Crippen LogP contribution in [0.1, 0.15) is 44.1 Å². The number of alkyl halides is 2. The van der Waals surface area contributed by atoms with Gasteiger partial charge in [0, 0.05) is 36.4 Å². The topological polar surface area (TPSA) is 119 Å². The van der Waals surface area contributed by atoms with Gasteiger partial charge in [0.1, 0.15) is 6.04 Å². The Bertz CT molecular complexity index is 809. The zero-order valence-electron chi connectivity index (χ0n) is 15.7. The molecule has 0 aliphatic carbocycles. The number of nitrogens with zero attached hydrogens (tertiary/aromatic N) is 1. The number of carboxylic acids is 1. The van der Waals surface area contributed by atoms with Crippen molar-refractivity contribution in [3.63, 3.8) is 0 Å². The summed E-state index contributed by atoms with van der Waals surface area (Å²) in [6.45, 7) is 0.507. The van der Waals surface area contributed by atoms with Crippen LogP contribution in [0.5, 0.6) is 0 Å². The molecule has 2 heterocycles. The van der Waals surface area contributed by atoms with Gasteiger partial charge in [0.2, 0.25) is 11.8 Å². The van der Waals surface area contributed by atoms with E-state index in [2.05, 4.69) is 10.6 Å². The lowest BCUT2D eigenvalue weighted by atomic mass is 9.88. The summed E-state index contributed by atoms with van der Waals surface area (Å²) in [6, 6.07) is 3.72. The van der Waals surface area contributed by atoms with Gasteiger partial charge in [-0.05, 0) is 37.5 Å². The lowest BCUT2D eigenvalue weighted by Crippen LogP contribution is -2.47. The minimum atomic E-state index is -2.76. The molecule has 8 nitrogen and oxygen atoms in total. The van der Waals surface area contributed by atoms with E-state index in [1.807, 2.05) is 0 Å².